The third kappa shape index (κ3) is 6.78. The Morgan fingerprint density at radius 2 is 1.34 bits per heavy atom. The lowest BCUT2D eigenvalue weighted by Crippen LogP contribution is -2.09. The Kier molecular flexibility index (Phi) is 8.25. The highest BCUT2D eigenvalue weighted by Gasteiger charge is 2.07. The molecule has 176 valence electrons. The van der Waals surface area contributed by atoms with Crippen LogP contribution >= 0.6 is 11.8 Å². The number of benzene rings is 4. The van der Waals surface area contributed by atoms with Gasteiger partial charge in [-0.25, -0.2) is 4.79 Å². The van der Waals surface area contributed by atoms with Crippen LogP contribution in [0.3, 0.4) is 0 Å². The predicted molar refractivity (Wildman–Crippen MR) is 142 cm³/mol. The maximum atomic E-state index is 10.7. The Bertz CT molecular complexity index is 1260. The first-order valence-electron chi connectivity index (χ1n) is 11.2. The van der Waals surface area contributed by atoms with Gasteiger partial charge >= 0.3 is 5.97 Å². The molecule has 0 heterocycles. The summed E-state index contributed by atoms with van der Waals surface area (Å²) < 4.78 is 10.5. The van der Waals surface area contributed by atoms with Gasteiger partial charge in [0.15, 0.2) is 6.61 Å². The van der Waals surface area contributed by atoms with Crippen molar-refractivity contribution < 1.29 is 19.4 Å². The SMILES string of the molecule is COc1ccc(/C(=C/CSc2ccc(OCC(=O)O)cc2)c2ccc(-c3ccccc3)cc2)cc1. The molecule has 0 unspecified atom stereocenters. The van der Waals surface area contributed by atoms with Crippen LogP contribution in [-0.2, 0) is 4.79 Å². The molecular weight excluding hydrogens is 456 g/mol. The third-order valence-electron chi connectivity index (χ3n) is 5.43. The molecule has 0 aliphatic rings. The lowest BCUT2D eigenvalue weighted by Gasteiger charge is -2.11. The molecular formula is C30H26O4S. The zero-order chi connectivity index (χ0) is 24.5. The molecule has 0 saturated heterocycles. The van der Waals surface area contributed by atoms with E-state index in [2.05, 4.69) is 54.6 Å². The van der Waals surface area contributed by atoms with E-state index in [4.69, 9.17) is 14.6 Å². The van der Waals surface area contributed by atoms with Crippen LogP contribution < -0.4 is 9.47 Å². The highest BCUT2D eigenvalue weighted by molar-refractivity contribution is 7.99. The first-order chi connectivity index (χ1) is 17.1. The minimum Gasteiger partial charge on any atom is -0.497 e. The quantitative estimate of drug-likeness (QED) is 0.246. The molecule has 1 N–H and O–H groups in total. The van der Waals surface area contributed by atoms with Gasteiger partial charge in [0.1, 0.15) is 11.5 Å². The molecule has 0 amide bonds. The molecule has 0 bridgehead atoms. The zero-order valence-electron chi connectivity index (χ0n) is 19.4. The summed E-state index contributed by atoms with van der Waals surface area (Å²) in [6, 6.07) is 34.6. The number of methoxy groups -OCH3 is 1. The van der Waals surface area contributed by atoms with E-state index >= 15 is 0 Å². The Morgan fingerprint density at radius 1 is 0.771 bits per heavy atom. The minimum atomic E-state index is -0.989. The molecule has 0 aromatic heterocycles. The van der Waals surface area contributed by atoms with Crippen LogP contribution in [0.5, 0.6) is 11.5 Å². The molecule has 4 rings (SSSR count). The second kappa shape index (κ2) is 12.0. The second-order valence-corrected chi connectivity index (χ2v) is 8.85. The number of carboxylic acid groups (broad SMARTS) is 1. The first-order valence-corrected chi connectivity index (χ1v) is 12.2. The summed E-state index contributed by atoms with van der Waals surface area (Å²) in [7, 11) is 1.67. The molecule has 0 atom stereocenters. The lowest BCUT2D eigenvalue weighted by molar-refractivity contribution is -0.139. The standard InChI is InChI=1S/C30H26O4S/c1-33-26-13-11-25(12-14-26)29(24-9-7-23(8-10-24)22-5-3-2-4-6-22)19-20-35-28-17-15-27(16-18-28)34-21-30(31)32/h2-19H,20-21H2,1H3,(H,31,32)/b29-19+. The van der Waals surface area contributed by atoms with Crippen molar-refractivity contribution in [1.29, 1.82) is 0 Å². The summed E-state index contributed by atoms with van der Waals surface area (Å²) in [5, 5.41) is 8.75. The van der Waals surface area contributed by atoms with Gasteiger partial charge in [-0.1, -0.05) is 72.8 Å². The van der Waals surface area contributed by atoms with Gasteiger partial charge in [-0.15, -0.1) is 11.8 Å². The number of hydrogen-bond donors (Lipinski definition) is 1. The van der Waals surface area contributed by atoms with Gasteiger partial charge in [-0.2, -0.15) is 0 Å². The lowest BCUT2D eigenvalue weighted by atomic mass is 9.95. The molecule has 0 radical (unpaired) electrons. The Labute approximate surface area is 209 Å². The van der Waals surface area contributed by atoms with E-state index in [1.807, 2.05) is 42.5 Å². The second-order valence-electron chi connectivity index (χ2n) is 7.75. The van der Waals surface area contributed by atoms with Crippen molar-refractivity contribution in [2.45, 2.75) is 4.90 Å². The molecule has 0 saturated carbocycles. The van der Waals surface area contributed by atoms with Crippen LogP contribution in [0, 0.1) is 0 Å². The summed E-state index contributed by atoms with van der Waals surface area (Å²) in [5.41, 5.74) is 5.80. The molecule has 0 spiro atoms. The highest BCUT2D eigenvalue weighted by Crippen LogP contribution is 2.30. The summed E-state index contributed by atoms with van der Waals surface area (Å²) in [6.07, 6.45) is 2.23. The molecule has 35 heavy (non-hydrogen) atoms. The Morgan fingerprint density at radius 3 is 1.94 bits per heavy atom. The number of hydrogen-bond acceptors (Lipinski definition) is 4. The average Bonchev–Trinajstić information content (AvgIpc) is 2.91. The van der Waals surface area contributed by atoms with E-state index in [1.54, 1.807) is 31.0 Å². The fourth-order valence-corrected chi connectivity index (χ4v) is 4.42. The van der Waals surface area contributed by atoms with E-state index in [9.17, 15) is 4.79 Å². The fraction of sp³-hybridized carbons (Fsp3) is 0.100. The van der Waals surface area contributed by atoms with Crippen molar-refractivity contribution in [2.75, 3.05) is 19.5 Å². The normalized spacial score (nSPS) is 11.2. The number of carboxylic acids is 1. The van der Waals surface area contributed by atoms with E-state index in [-0.39, 0.29) is 6.61 Å². The van der Waals surface area contributed by atoms with Crippen molar-refractivity contribution >= 4 is 23.3 Å². The van der Waals surface area contributed by atoms with Gasteiger partial charge in [-0.05, 0) is 64.2 Å². The summed E-state index contributed by atoms with van der Waals surface area (Å²) in [5.74, 6) is 1.16. The molecule has 5 heteroatoms. The maximum absolute atomic E-state index is 10.7. The van der Waals surface area contributed by atoms with E-state index in [0.717, 1.165) is 33.1 Å². The first kappa shape index (κ1) is 24.2. The van der Waals surface area contributed by atoms with Crippen LogP contribution in [0.2, 0.25) is 0 Å². The zero-order valence-corrected chi connectivity index (χ0v) is 20.2. The van der Waals surface area contributed by atoms with E-state index in [0.29, 0.717) is 5.75 Å². The number of aliphatic carboxylic acids is 1. The number of thioether (sulfide) groups is 1. The minimum absolute atomic E-state index is 0.344. The third-order valence-corrected chi connectivity index (χ3v) is 6.37. The average molecular weight is 483 g/mol. The maximum Gasteiger partial charge on any atom is 0.341 e. The molecule has 0 aliphatic heterocycles. The van der Waals surface area contributed by atoms with Crippen molar-refractivity contribution in [3.63, 3.8) is 0 Å². The summed E-state index contributed by atoms with van der Waals surface area (Å²) >= 11 is 1.71. The smallest absolute Gasteiger partial charge is 0.341 e. The van der Waals surface area contributed by atoms with Crippen molar-refractivity contribution in [2.24, 2.45) is 0 Å². The van der Waals surface area contributed by atoms with Crippen LogP contribution in [-0.4, -0.2) is 30.5 Å². The highest BCUT2D eigenvalue weighted by atomic mass is 32.2. The van der Waals surface area contributed by atoms with Crippen molar-refractivity contribution in [3.05, 3.63) is 120 Å². The van der Waals surface area contributed by atoms with Gasteiger partial charge in [0.05, 0.1) is 7.11 Å². The van der Waals surface area contributed by atoms with Crippen LogP contribution in [0.4, 0.5) is 0 Å². The number of carbonyl (C=O) groups is 1. The number of ether oxygens (including phenoxy) is 2. The van der Waals surface area contributed by atoms with Crippen molar-refractivity contribution in [3.8, 4) is 22.6 Å². The molecule has 0 aliphatic carbocycles. The van der Waals surface area contributed by atoms with Gasteiger partial charge in [-0.3, -0.25) is 0 Å². The molecule has 4 nitrogen and oxygen atoms in total. The van der Waals surface area contributed by atoms with Gasteiger partial charge in [0, 0.05) is 10.6 Å². The number of rotatable bonds is 10. The molecule has 0 fully saturated rings. The van der Waals surface area contributed by atoms with Crippen LogP contribution in [0.15, 0.2) is 114 Å². The molecule has 4 aromatic rings. The van der Waals surface area contributed by atoms with E-state index in [1.165, 1.54) is 11.1 Å². The summed E-state index contributed by atoms with van der Waals surface area (Å²) in [4.78, 5) is 11.7. The topological polar surface area (TPSA) is 55.8 Å². The van der Waals surface area contributed by atoms with Gasteiger partial charge in [0.2, 0.25) is 0 Å². The largest absolute Gasteiger partial charge is 0.497 e. The predicted octanol–water partition coefficient (Wildman–Crippen LogP) is 7.05. The Balaban J connectivity index is 1.53. The van der Waals surface area contributed by atoms with Crippen LogP contribution in [0.1, 0.15) is 11.1 Å². The fourth-order valence-electron chi connectivity index (χ4n) is 3.64. The monoisotopic (exact) mass is 482 g/mol. The Hall–Kier alpha value is -3.96. The van der Waals surface area contributed by atoms with Crippen molar-refractivity contribution in [1.82, 2.24) is 0 Å². The van der Waals surface area contributed by atoms with Gasteiger partial charge in [0.25, 0.3) is 0 Å². The molecule has 4 aromatic carbocycles. The summed E-state index contributed by atoms with van der Waals surface area (Å²) in [6.45, 7) is -0.344. The van der Waals surface area contributed by atoms with Crippen LogP contribution in [0.25, 0.3) is 16.7 Å². The van der Waals surface area contributed by atoms with Gasteiger partial charge < -0.3 is 14.6 Å². The van der Waals surface area contributed by atoms with E-state index < -0.39 is 5.97 Å².